The molecule has 0 radical (unpaired) electrons. The average molecular weight is 401 g/mol. The van der Waals surface area contributed by atoms with Crippen LogP contribution in [-0.2, 0) is 9.59 Å². The molecular formula is C15H15Br2NO2. The number of hydrogen-bond acceptors (Lipinski definition) is 2. The number of aryl methyl sites for hydroxylation is 1. The van der Waals surface area contributed by atoms with E-state index in [-0.39, 0.29) is 33.3 Å². The van der Waals surface area contributed by atoms with Crippen molar-refractivity contribution in [3.63, 3.8) is 0 Å². The van der Waals surface area contributed by atoms with Crippen molar-refractivity contribution in [1.29, 1.82) is 0 Å². The predicted molar refractivity (Wildman–Crippen MR) is 85.3 cm³/mol. The first-order valence-electron chi connectivity index (χ1n) is 6.71. The second-order valence-corrected chi connectivity index (χ2v) is 7.92. The summed E-state index contributed by atoms with van der Waals surface area (Å²) in [5.41, 5.74) is 1.75. The maximum atomic E-state index is 12.6. The van der Waals surface area contributed by atoms with E-state index in [9.17, 15) is 9.59 Å². The zero-order valence-corrected chi connectivity index (χ0v) is 14.2. The number of carbonyl (C=O) groups is 2. The molecular weight excluding hydrogens is 386 g/mol. The highest BCUT2D eigenvalue weighted by atomic mass is 79.9. The molecule has 2 fully saturated rings. The van der Waals surface area contributed by atoms with E-state index in [0.717, 1.165) is 5.56 Å². The van der Waals surface area contributed by atoms with Gasteiger partial charge >= 0.3 is 0 Å². The van der Waals surface area contributed by atoms with Gasteiger partial charge in [-0.3, -0.25) is 14.5 Å². The fraction of sp³-hybridized carbons (Fsp3) is 0.467. The highest BCUT2D eigenvalue weighted by Gasteiger charge is 2.52. The molecule has 4 atom stereocenters. The molecule has 1 saturated carbocycles. The van der Waals surface area contributed by atoms with Gasteiger partial charge in [0.1, 0.15) is 0 Å². The lowest BCUT2D eigenvalue weighted by Crippen LogP contribution is -2.34. The summed E-state index contributed by atoms with van der Waals surface area (Å²) in [6, 6.07) is 7.57. The number of fused-ring (bicyclic) bond motifs is 1. The van der Waals surface area contributed by atoms with E-state index in [4.69, 9.17) is 0 Å². The van der Waals surface area contributed by atoms with Gasteiger partial charge in [-0.05, 0) is 37.5 Å². The Morgan fingerprint density at radius 2 is 1.60 bits per heavy atom. The van der Waals surface area contributed by atoms with Crippen molar-refractivity contribution < 1.29 is 9.59 Å². The molecule has 3 rings (SSSR count). The molecule has 0 N–H and O–H groups in total. The smallest absolute Gasteiger partial charge is 0.237 e. The topological polar surface area (TPSA) is 37.4 Å². The molecule has 0 aromatic heterocycles. The van der Waals surface area contributed by atoms with Crippen LogP contribution < -0.4 is 4.90 Å². The van der Waals surface area contributed by atoms with Crippen LogP contribution in [0, 0.1) is 18.8 Å². The number of amides is 2. The lowest BCUT2D eigenvalue weighted by molar-refractivity contribution is -0.122. The normalized spacial score (nSPS) is 33.5. The van der Waals surface area contributed by atoms with Crippen LogP contribution in [0.2, 0.25) is 0 Å². The van der Waals surface area contributed by atoms with Gasteiger partial charge in [-0.2, -0.15) is 0 Å². The summed E-state index contributed by atoms with van der Waals surface area (Å²) in [6.07, 6.45) is 1.43. The van der Waals surface area contributed by atoms with Gasteiger partial charge in [-0.25, -0.2) is 0 Å². The Morgan fingerprint density at radius 1 is 1.05 bits per heavy atom. The average Bonchev–Trinajstić information content (AvgIpc) is 2.63. The van der Waals surface area contributed by atoms with Gasteiger partial charge in [0.2, 0.25) is 11.8 Å². The summed E-state index contributed by atoms with van der Waals surface area (Å²) in [7, 11) is 0. The minimum absolute atomic E-state index is 0.0468. The molecule has 1 aliphatic heterocycles. The Bertz CT molecular complexity index is 547. The minimum atomic E-state index is -0.179. The zero-order valence-electron chi connectivity index (χ0n) is 11.1. The number of benzene rings is 1. The summed E-state index contributed by atoms with van der Waals surface area (Å²) < 4.78 is 0. The minimum Gasteiger partial charge on any atom is -0.274 e. The fourth-order valence-electron chi connectivity index (χ4n) is 3.12. The van der Waals surface area contributed by atoms with E-state index < -0.39 is 0 Å². The van der Waals surface area contributed by atoms with Gasteiger partial charge in [-0.15, -0.1) is 0 Å². The van der Waals surface area contributed by atoms with Crippen molar-refractivity contribution in [3.8, 4) is 0 Å². The van der Waals surface area contributed by atoms with Crippen LogP contribution in [0.5, 0.6) is 0 Å². The summed E-state index contributed by atoms with van der Waals surface area (Å²) in [5.74, 6) is -0.453. The van der Waals surface area contributed by atoms with E-state index in [0.29, 0.717) is 18.5 Å². The third-order valence-corrected chi connectivity index (χ3v) is 6.90. The SMILES string of the molecule is Cc1cccc(N2C(=O)[C@H]3C[C@@H](Br)[C@H](Br)C[C@H]3C2=O)c1. The number of rotatable bonds is 1. The van der Waals surface area contributed by atoms with Crippen molar-refractivity contribution >= 4 is 49.4 Å². The highest BCUT2D eigenvalue weighted by Crippen LogP contribution is 2.44. The van der Waals surface area contributed by atoms with Gasteiger partial charge in [0.15, 0.2) is 0 Å². The lowest BCUT2D eigenvalue weighted by Gasteiger charge is -2.29. The Morgan fingerprint density at radius 3 is 2.10 bits per heavy atom. The third kappa shape index (κ3) is 2.25. The fourth-order valence-corrected chi connectivity index (χ4v) is 4.35. The van der Waals surface area contributed by atoms with Gasteiger partial charge in [0.25, 0.3) is 0 Å². The first-order valence-corrected chi connectivity index (χ1v) is 8.55. The Hall–Kier alpha value is -0.680. The third-order valence-electron chi connectivity index (χ3n) is 4.17. The molecule has 1 saturated heterocycles. The van der Waals surface area contributed by atoms with Crippen LogP contribution in [-0.4, -0.2) is 21.5 Å². The summed E-state index contributed by atoms with van der Waals surface area (Å²) in [5, 5.41) is 0. The lowest BCUT2D eigenvalue weighted by atomic mass is 9.81. The van der Waals surface area contributed by atoms with Gasteiger partial charge in [-0.1, -0.05) is 44.0 Å². The predicted octanol–water partition coefficient (Wildman–Crippen LogP) is 3.42. The maximum Gasteiger partial charge on any atom is 0.237 e. The molecule has 1 aliphatic carbocycles. The molecule has 1 heterocycles. The summed E-state index contributed by atoms with van der Waals surface area (Å²) >= 11 is 7.19. The van der Waals surface area contributed by atoms with Gasteiger partial charge < -0.3 is 0 Å². The van der Waals surface area contributed by atoms with Crippen LogP contribution in [0.3, 0.4) is 0 Å². The molecule has 0 spiro atoms. The van der Waals surface area contributed by atoms with Crippen LogP contribution in [0.25, 0.3) is 0 Å². The van der Waals surface area contributed by atoms with E-state index in [1.54, 1.807) is 0 Å². The Labute approximate surface area is 135 Å². The van der Waals surface area contributed by atoms with Crippen molar-refractivity contribution in [2.24, 2.45) is 11.8 Å². The molecule has 106 valence electrons. The molecule has 2 amide bonds. The van der Waals surface area contributed by atoms with Crippen LogP contribution in [0.4, 0.5) is 5.69 Å². The Kier molecular flexibility index (Phi) is 3.75. The summed E-state index contributed by atoms with van der Waals surface area (Å²) in [6.45, 7) is 1.96. The Balaban J connectivity index is 1.95. The number of halogens is 2. The van der Waals surface area contributed by atoms with Gasteiger partial charge in [0, 0.05) is 9.65 Å². The summed E-state index contributed by atoms with van der Waals surface area (Å²) in [4.78, 5) is 27.0. The molecule has 20 heavy (non-hydrogen) atoms. The van der Waals surface area contributed by atoms with Crippen molar-refractivity contribution in [3.05, 3.63) is 29.8 Å². The van der Waals surface area contributed by atoms with E-state index in [2.05, 4.69) is 31.9 Å². The van der Waals surface area contributed by atoms with E-state index in [1.165, 1.54) is 4.90 Å². The largest absolute Gasteiger partial charge is 0.274 e. The standard InChI is InChI=1S/C15H15Br2NO2/c1-8-3-2-4-9(5-8)18-14(19)10-6-12(16)13(17)7-11(10)15(18)20/h2-5,10-13H,6-7H2,1H3/t10-,11+,12-,13-/m1/s1. The van der Waals surface area contributed by atoms with Crippen LogP contribution in [0.1, 0.15) is 18.4 Å². The number of imide groups is 1. The number of hydrogen-bond donors (Lipinski definition) is 0. The van der Waals surface area contributed by atoms with Crippen molar-refractivity contribution in [2.45, 2.75) is 29.4 Å². The zero-order chi connectivity index (χ0) is 14.4. The second-order valence-electron chi connectivity index (χ2n) is 5.57. The van der Waals surface area contributed by atoms with Crippen LogP contribution in [0.15, 0.2) is 24.3 Å². The first kappa shape index (κ1) is 14.3. The molecule has 0 bridgehead atoms. The first-order chi connectivity index (χ1) is 9.49. The molecule has 2 aliphatic rings. The van der Waals surface area contributed by atoms with E-state index in [1.807, 2.05) is 31.2 Å². The van der Waals surface area contributed by atoms with Gasteiger partial charge in [0.05, 0.1) is 17.5 Å². The maximum absolute atomic E-state index is 12.6. The van der Waals surface area contributed by atoms with Crippen molar-refractivity contribution in [1.82, 2.24) is 0 Å². The van der Waals surface area contributed by atoms with Crippen molar-refractivity contribution in [2.75, 3.05) is 4.90 Å². The van der Waals surface area contributed by atoms with E-state index >= 15 is 0 Å². The molecule has 5 heteroatoms. The number of nitrogens with zero attached hydrogens (tertiary/aromatic N) is 1. The van der Waals surface area contributed by atoms with Crippen LogP contribution >= 0.6 is 31.9 Å². The number of anilines is 1. The quantitative estimate of drug-likeness (QED) is 0.535. The molecule has 3 nitrogen and oxygen atoms in total. The molecule has 1 aromatic rings. The number of alkyl halides is 2. The molecule has 1 aromatic carbocycles. The monoisotopic (exact) mass is 399 g/mol. The highest BCUT2D eigenvalue weighted by molar-refractivity contribution is 9.12. The molecule has 0 unspecified atom stereocenters. The number of carbonyl (C=O) groups excluding carboxylic acids is 2. The second kappa shape index (κ2) is 5.26.